The van der Waals surface area contributed by atoms with Crippen LogP contribution in [0.4, 0.5) is 0 Å². The minimum atomic E-state index is -0.295. The summed E-state index contributed by atoms with van der Waals surface area (Å²) in [4.78, 5) is 0. The third kappa shape index (κ3) is 0.799. The molecule has 0 aromatic carbocycles. The summed E-state index contributed by atoms with van der Waals surface area (Å²) in [6.45, 7) is 0. The van der Waals surface area contributed by atoms with Crippen molar-refractivity contribution in [1.82, 2.24) is 0 Å². The summed E-state index contributed by atoms with van der Waals surface area (Å²) in [6.07, 6.45) is 6.32. The normalized spacial score (nSPS) is 73.9. The lowest BCUT2D eigenvalue weighted by Gasteiger charge is -2.73. The molecule has 7 aliphatic rings. The number of hydrogen-bond donors (Lipinski definition) is 2. The second kappa shape index (κ2) is 2.24. The quantitative estimate of drug-likeness (QED) is 0.650. The fraction of sp³-hybridized carbons (Fsp3) is 1.00. The van der Waals surface area contributed by atoms with E-state index in [9.17, 15) is 10.2 Å². The Morgan fingerprint density at radius 2 is 0.688 bits per heavy atom. The lowest BCUT2D eigenvalue weighted by atomic mass is 9.34. The molecule has 2 nitrogen and oxygen atoms in total. The van der Waals surface area contributed by atoms with Crippen molar-refractivity contribution in [1.29, 1.82) is 0 Å². The molecule has 7 rings (SSSR count). The van der Waals surface area contributed by atoms with Gasteiger partial charge >= 0.3 is 0 Å². The summed E-state index contributed by atoms with van der Waals surface area (Å²) in [6, 6.07) is 0. The van der Waals surface area contributed by atoms with E-state index in [-0.39, 0.29) is 11.2 Å². The highest BCUT2D eigenvalue weighted by atomic mass is 16.3. The van der Waals surface area contributed by atoms with Crippen molar-refractivity contribution < 1.29 is 10.2 Å². The topological polar surface area (TPSA) is 40.5 Å². The summed E-state index contributed by atoms with van der Waals surface area (Å²) in [5.41, 5.74) is -0.591. The molecule has 7 saturated carbocycles. The molecule has 88 valence electrons. The molecule has 2 N–H and O–H groups in total. The average Bonchev–Trinajstić information content (AvgIpc) is 2.22. The molecular weight excluding hydrogens is 200 g/mol. The number of hydrogen-bond acceptors (Lipinski definition) is 2. The molecule has 7 fully saturated rings. The minimum absolute atomic E-state index is 0.295. The van der Waals surface area contributed by atoms with Crippen molar-refractivity contribution in [2.45, 2.75) is 49.7 Å². The summed E-state index contributed by atoms with van der Waals surface area (Å²) in [5, 5.41) is 21.2. The van der Waals surface area contributed by atoms with E-state index in [2.05, 4.69) is 0 Å². The minimum Gasteiger partial charge on any atom is -0.390 e. The highest BCUT2D eigenvalue weighted by Gasteiger charge is 2.70. The Morgan fingerprint density at radius 3 is 0.875 bits per heavy atom. The lowest BCUT2D eigenvalue weighted by molar-refractivity contribution is -0.289. The number of rotatable bonds is 0. The van der Waals surface area contributed by atoms with Gasteiger partial charge in [-0.3, -0.25) is 0 Å². The zero-order valence-electron chi connectivity index (χ0n) is 9.60. The monoisotopic (exact) mass is 220 g/mol. The van der Waals surface area contributed by atoms with E-state index in [1.165, 1.54) is 0 Å². The third-order valence-electron chi connectivity index (χ3n) is 6.99. The molecule has 0 aromatic heterocycles. The molecule has 0 atom stereocenters. The fourth-order valence-electron chi connectivity index (χ4n) is 6.85. The fourth-order valence-corrected chi connectivity index (χ4v) is 6.85. The van der Waals surface area contributed by atoms with Crippen molar-refractivity contribution in [3.8, 4) is 0 Å². The van der Waals surface area contributed by atoms with E-state index < -0.39 is 0 Å². The van der Waals surface area contributed by atoms with Gasteiger partial charge in [0.2, 0.25) is 0 Å². The van der Waals surface area contributed by atoms with Gasteiger partial charge in [0.05, 0.1) is 11.2 Å². The summed E-state index contributed by atoms with van der Waals surface area (Å²) < 4.78 is 0. The van der Waals surface area contributed by atoms with Crippen LogP contribution in [0.15, 0.2) is 0 Å². The van der Waals surface area contributed by atoms with Gasteiger partial charge in [0.15, 0.2) is 0 Å². The molecule has 0 saturated heterocycles. The molecular formula is C14H20O2. The van der Waals surface area contributed by atoms with Crippen molar-refractivity contribution in [3.63, 3.8) is 0 Å². The van der Waals surface area contributed by atoms with E-state index >= 15 is 0 Å². The van der Waals surface area contributed by atoms with Crippen molar-refractivity contribution >= 4 is 0 Å². The molecule has 2 heteroatoms. The van der Waals surface area contributed by atoms with E-state index in [4.69, 9.17) is 0 Å². The van der Waals surface area contributed by atoms with Crippen LogP contribution in [0.3, 0.4) is 0 Å². The van der Waals surface area contributed by atoms with Gasteiger partial charge in [0.1, 0.15) is 0 Å². The first-order chi connectivity index (χ1) is 7.57. The van der Waals surface area contributed by atoms with E-state index in [1.807, 2.05) is 0 Å². The molecule has 0 unspecified atom stereocenters. The van der Waals surface area contributed by atoms with Crippen LogP contribution in [-0.2, 0) is 0 Å². The van der Waals surface area contributed by atoms with Crippen LogP contribution in [0.5, 0.6) is 0 Å². The van der Waals surface area contributed by atoms with Crippen LogP contribution in [0.2, 0.25) is 0 Å². The SMILES string of the molecule is OC12CC3C4CC5(O)C[C@H]3C(C1)[C@H](C5)C4C2. The Kier molecular flexibility index (Phi) is 1.25. The summed E-state index contributed by atoms with van der Waals surface area (Å²) >= 11 is 0. The maximum Gasteiger partial charge on any atom is 0.0656 e. The summed E-state index contributed by atoms with van der Waals surface area (Å²) in [7, 11) is 0. The third-order valence-corrected chi connectivity index (χ3v) is 6.99. The molecule has 0 amide bonds. The Hall–Kier alpha value is -0.0800. The number of aliphatic hydroxyl groups is 2. The smallest absolute Gasteiger partial charge is 0.0656 e. The summed E-state index contributed by atoms with van der Waals surface area (Å²) in [5.74, 6) is 4.58. The van der Waals surface area contributed by atoms with Crippen LogP contribution in [-0.4, -0.2) is 21.4 Å². The van der Waals surface area contributed by atoms with Gasteiger partial charge in [-0.05, 0) is 74.0 Å². The zero-order valence-corrected chi connectivity index (χ0v) is 9.60. The highest BCUT2D eigenvalue weighted by molar-refractivity contribution is 5.19. The first-order valence-corrected chi connectivity index (χ1v) is 7.02. The maximum absolute atomic E-state index is 10.6. The van der Waals surface area contributed by atoms with Gasteiger partial charge in [-0.2, -0.15) is 0 Å². The Morgan fingerprint density at radius 1 is 0.500 bits per heavy atom. The molecule has 8 bridgehead atoms. The predicted molar refractivity (Wildman–Crippen MR) is 58.5 cm³/mol. The molecule has 0 radical (unpaired) electrons. The molecule has 0 spiro atoms. The second-order valence-electron chi connectivity index (χ2n) is 7.66. The largest absolute Gasteiger partial charge is 0.390 e. The Bertz CT molecular complexity index is 276. The zero-order chi connectivity index (χ0) is 10.7. The van der Waals surface area contributed by atoms with Crippen LogP contribution in [0, 0.1) is 35.5 Å². The second-order valence-corrected chi connectivity index (χ2v) is 7.66. The van der Waals surface area contributed by atoms with Crippen LogP contribution >= 0.6 is 0 Å². The predicted octanol–water partition coefficient (Wildman–Crippen LogP) is 1.55. The van der Waals surface area contributed by atoms with Gasteiger partial charge in [0.25, 0.3) is 0 Å². The molecule has 16 heavy (non-hydrogen) atoms. The van der Waals surface area contributed by atoms with Crippen molar-refractivity contribution in [2.75, 3.05) is 0 Å². The van der Waals surface area contributed by atoms with Crippen molar-refractivity contribution in [3.05, 3.63) is 0 Å². The van der Waals surface area contributed by atoms with Gasteiger partial charge in [-0.1, -0.05) is 0 Å². The first-order valence-electron chi connectivity index (χ1n) is 7.02. The van der Waals surface area contributed by atoms with Crippen LogP contribution in [0.25, 0.3) is 0 Å². The lowest BCUT2D eigenvalue weighted by Crippen LogP contribution is -2.71. The van der Waals surface area contributed by atoms with Crippen LogP contribution in [0.1, 0.15) is 38.5 Å². The molecule has 0 aromatic rings. The van der Waals surface area contributed by atoms with Crippen LogP contribution < -0.4 is 0 Å². The Labute approximate surface area is 96.0 Å². The first kappa shape index (κ1) is 8.93. The molecule has 7 aliphatic carbocycles. The Balaban J connectivity index is 1.68. The van der Waals surface area contributed by atoms with Gasteiger partial charge in [0, 0.05) is 0 Å². The highest BCUT2D eigenvalue weighted by Crippen LogP contribution is 2.72. The van der Waals surface area contributed by atoms with E-state index in [0.717, 1.165) is 74.0 Å². The molecule has 0 aliphatic heterocycles. The average molecular weight is 220 g/mol. The van der Waals surface area contributed by atoms with E-state index in [0.29, 0.717) is 0 Å². The van der Waals surface area contributed by atoms with Gasteiger partial charge < -0.3 is 10.2 Å². The van der Waals surface area contributed by atoms with Gasteiger partial charge in [-0.15, -0.1) is 0 Å². The molecule has 0 heterocycles. The van der Waals surface area contributed by atoms with Gasteiger partial charge in [-0.25, -0.2) is 0 Å². The standard InChI is InChI=1S/C14H20O2/c15-13-1-7-8-4-14(16)5-9(7)11(3-13)12(6-14)10(8)2-13/h7-12,15-16H,1-6H2/t7-,8?,9?,10-,11?,12?,13?,14?/m0/s1. The van der Waals surface area contributed by atoms with Crippen molar-refractivity contribution in [2.24, 2.45) is 35.5 Å². The maximum atomic E-state index is 10.6. The van der Waals surface area contributed by atoms with E-state index in [1.54, 1.807) is 0 Å².